The number of hydrogen-bond acceptors (Lipinski definition) is 5. The first-order valence-corrected chi connectivity index (χ1v) is 11.5. The van der Waals surface area contributed by atoms with Gasteiger partial charge in [0.2, 0.25) is 5.91 Å². The molecule has 1 fully saturated rings. The molecule has 1 amide bonds. The van der Waals surface area contributed by atoms with Gasteiger partial charge in [0.1, 0.15) is 13.2 Å². The number of nitrogens with zero attached hydrogens (tertiary/aromatic N) is 1. The minimum Gasteiger partial charge on any atom is -0.486 e. The average molecular weight is 437 g/mol. The summed E-state index contributed by atoms with van der Waals surface area (Å²) in [4.78, 5) is 28.1. The van der Waals surface area contributed by atoms with Crippen molar-refractivity contribution in [1.29, 1.82) is 0 Å². The van der Waals surface area contributed by atoms with Crippen molar-refractivity contribution in [2.75, 3.05) is 31.6 Å². The molecule has 0 spiro atoms. The van der Waals surface area contributed by atoms with Gasteiger partial charge in [0.25, 0.3) is 0 Å². The van der Waals surface area contributed by atoms with Gasteiger partial charge >= 0.3 is 0 Å². The Labute approximate surface area is 189 Å². The summed E-state index contributed by atoms with van der Waals surface area (Å²) in [6.07, 6.45) is 1.49. The first-order chi connectivity index (χ1) is 15.4. The lowest BCUT2D eigenvalue weighted by Crippen LogP contribution is -2.47. The molecular formula is C26H32N2O4. The zero-order valence-corrected chi connectivity index (χ0v) is 19.1. The summed E-state index contributed by atoms with van der Waals surface area (Å²) in [5, 5.41) is 3.10. The molecular weight excluding hydrogens is 404 g/mol. The van der Waals surface area contributed by atoms with Crippen molar-refractivity contribution >= 4 is 17.4 Å². The molecule has 6 heteroatoms. The zero-order chi connectivity index (χ0) is 22.7. The van der Waals surface area contributed by atoms with E-state index in [1.807, 2.05) is 37.3 Å². The molecule has 0 aromatic heterocycles. The number of Topliss-reactive ketones (excluding diaryl/α,β-unsaturated/α-hetero) is 1. The molecule has 2 aliphatic heterocycles. The number of amides is 1. The fraction of sp³-hybridized carbons (Fsp3) is 0.462. The number of rotatable bonds is 6. The fourth-order valence-electron chi connectivity index (χ4n) is 4.50. The predicted molar refractivity (Wildman–Crippen MR) is 125 cm³/mol. The summed E-state index contributed by atoms with van der Waals surface area (Å²) in [6, 6.07) is 13.1. The topological polar surface area (TPSA) is 67.9 Å². The molecule has 32 heavy (non-hydrogen) atoms. The van der Waals surface area contributed by atoms with E-state index in [0.29, 0.717) is 36.2 Å². The zero-order valence-electron chi connectivity index (χ0n) is 19.1. The highest BCUT2D eigenvalue weighted by Gasteiger charge is 2.31. The van der Waals surface area contributed by atoms with Crippen molar-refractivity contribution in [3.05, 3.63) is 53.6 Å². The van der Waals surface area contributed by atoms with Gasteiger partial charge in [0, 0.05) is 17.2 Å². The van der Waals surface area contributed by atoms with Gasteiger partial charge in [-0.3, -0.25) is 14.5 Å². The van der Waals surface area contributed by atoms with Crippen molar-refractivity contribution in [3.8, 4) is 11.5 Å². The van der Waals surface area contributed by atoms with Crippen molar-refractivity contribution in [1.82, 2.24) is 4.90 Å². The van der Waals surface area contributed by atoms with E-state index in [0.717, 1.165) is 37.2 Å². The number of benzene rings is 2. The van der Waals surface area contributed by atoms with E-state index in [-0.39, 0.29) is 23.7 Å². The van der Waals surface area contributed by atoms with Gasteiger partial charge in [-0.25, -0.2) is 0 Å². The number of ether oxygens (including phenoxy) is 2. The number of anilines is 1. The van der Waals surface area contributed by atoms with E-state index in [2.05, 4.69) is 30.1 Å². The highest BCUT2D eigenvalue weighted by atomic mass is 16.6. The molecule has 1 saturated heterocycles. The summed E-state index contributed by atoms with van der Waals surface area (Å²) in [6.45, 7) is 8.67. The van der Waals surface area contributed by atoms with Crippen LogP contribution < -0.4 is 14.8 Å². The van der Waals surface area contributed by atoms with E-state index < -0.39 is 0 Å². The Morgan fingerprint density at radius 1 is 0.969 bits per heavy atom. The maximum absolute atomic E-state index is 13.0. The molecule has 0 aliphatic carbocycles. The van der Waals surface area contributed by atoms with E-state index in [1.54, 1.807) is 6.07 Å². The van der Waals surface area contributed by atoms with Crippen LogP contribution in [0.5, 0.6) is 11.5 Å². The van der Waals surface area contributed by atoms with Crippen LogP contribution in [0.1, 0.15) is 55.5 Å². The Bertz CT molecular complexity index is 980. The largest absolute Gasteiger partial charge is 0.486 e. The van der Waals surface area contributed by atoms with E-state index in [9.17, 15) is 9.59 Å². The van der Waals surface area contributed by atoms with Crippen molar-refractivity contribution in [2.24, 2.45) is 5.92 Å². The van der Waals surface area contributed by atoms with Crippen molar-refractivity contribution in [2.45, 2.75) is 45.6 Å². The first-order valence-electron chi connectivity index (χ1n) is 11.5. The minimum atomic E-state index is -0.249. The molecule has 2 aromatic carbocycles. The van der Waals surface area contributed by atoms with Crippen LogP contribution in [0.2, 0.25) is 0 Å². The summed E-state index contributed by atoms with van der Waals surface area (Å²) < 4.78 is 11.2. The SMILES string of the molecule is CC(C)c1ccccc1NC(=O)[C@H](C)N1CCC(C(=O)c2ccc3c(c2)OCCO3)CC1. The molecule has 170 valence electrons. The number of hydrogen-bond donors (Lipinski definition) is 1. The number of likely N-dealkylation sites (tertiary alicyclic amines) is 1. The van der Waals surface area contributed by atoms with Crippen LogP contribution in [0.4, 0.5) is 5.69 Å². The van der Waals surface area contributed by atoms with E-state index in [1.165, 1.54) is 0 Å². The monoisotopic (exact) mass is 436 g/mol. The van der Waals surface area contributed by atoms with Crippen molar-refractivity contribution in [3.63, 3.8) is 0 Å². The third kappa shape index (κ3) is 4.80. The molecule has 6 nitrogen and oxygen atoms in total. The standard InChI is InChI=1S/C26H32N2O4/c1-17(2)21-6-4-5-7-22(21)27-26(30)18(3)28-12-10-19(11-13-28)25(29)20-8-9-23-24(16-20)32-15-14-31-23/h4-9,16-19H,10-15H2,1-3H3,(H,27,30)/t18-/m0/s1. The highest BCUT2D eigenvalue weighted by Crippen LogP contribution is 2.33. The second-order valence-corrected chi connectivity index (χ2v) is 8.94. The molecule has 2 aromatic rings. The Kier molecular flexibility index (Phi) is 6.80. The van der Waals surface area contributed by atoms with Gasteiger partial charge in [-0.1, -0.05) is 32.0 Å². The summed E-state index contributed by atoms with van der Waals surface area (Å²) in [5.74, 6) is 1.78. The number of carbonyl (C=O) groups is 2. The average Bonchev–Trinajstić information content (AvgIpc) is 2.83. The van der Waals surface area contributed by atoms with Gasteiger partial charge < -0.3 is 14.8 Å². The minimum absolute atomic E-state index is 0.00490. The highest BCUT2D eigenvalue weighted by molar-refractivity contribution is 5.98. The van der Waals surface area contributed by atoms with Crippen LogP contribution in [0.3, 0.4) is 0 Å². The number of nitrogens with one attached hydrogen (secondary N) is 1. The molecule has 1 atom stereocenters. The van der Waals surface area contributed by atoms with Gasteiger partial charge in [0.15, 0.2) is 17.3 Å². The van der Waals surface area contributed by atoms with Crippen molar-refractivity contribution < 1.29 is 19.1 Å². The molecule has 1 N–H and O–H groups in total. The van der Waals surface area contributed by atoms with Crippen LogP contribution in [0.25, 0.3) is 0 Å². The van der Waals surface area contributed by atoms with Crippen LogP contribution in [0.15, 0.2) is 42.5 Å². The van der Waals surface area contributed by atoms with Crippen LogP contribution >= 0.6 is 0 Å². The fourth-order valence-corrected chi connectivity index (χ4v) is 4.50. The van der Waals surface area contributed by atoms with Crippen LogP contribution in [0, 0.1) is 5.92 Å². The Hall–Kier alpha value is -2.86. The lowest BCUT2D eigenvalue weighted by molar-refractivity contribution is -0.121. The van der Waals surface area contributed by atoms with Gasteiger partial charge in [-0.2, -0.15) is 0 Å². The molecule has 0 bridgehead atoms. The van der Waals surface area contributed by atoms with Gasteiger partial charge in [-0.15, -0.1) is 0 Å². The number of carbonyl (C=O) groups excluding carboxylic acids is 2. The van der Waals surface area contributed by atoms with Crippen LogP contribution in [-0.4, -0.2) is 48.9 Å². The van der Waals surface area contributed by atoms with Gasteiger partial charge in [0.05, 0.1) is 6.04 Å². The second-order valence-electron chi connectivity index (χ2n) is 8.94. The Morgan fingerprint density at radius 3 is 2.38 bits per heavy atom. The van der Waals surface area contributed by atoms with Gasteiger partial charge in [-0.05, 0) is 68.6 Å². The summed E-state index contributed by atoms with van der Waals surface area (Å²) in [7, 11) is 0. The third-order valence-electron chi connectivity index (χ3n) is 6.49. The molecule has 2 heterocycles. The number of para-hydroxylation sites is 1. The predicted octanol–water partition coefficient (Wildman–Crippen LogP) is 4.50. The smallest absolute Gasteiger partial charge is 0.241 e. The molecule has 2 aliphatic rings. The van der Waals surface area contributed by atoms with E-state index >= 15 is 0 Å². The second kappa shape index (κ2) is 9.74. The number of piperidine rings is 1. The Morgan fingerprint density at radius 2 is 1.66 bits per heavy atom. The summed E-state index contributed by atoms with van der Waals surface area (Å²) >= 11 is 0. The number of ketones is 1. The lowest BCUT2D eigenvalue weighted by Gasteiger charge is -2.35. The van der Waals surface area contributed by atoms with Crippen LogP contribution in [-0.2, 0) is 4.79 Å². The quantitative estimate of drug-likeness (QED) is 0.675. The maximum atomic E-state index is 13.0. The third-order valence-corrected chi connectivity index (χ3v) is 6.49. The molecule has 4 rings (SSSR count). The van der Waals surface area contributed by atoms with E-state index in [4.69, 9.17) is 9.47 Å². The first kappa shape index (κ1) is 22.3. The normalized spacial score (nSPS) is 17.8. The molecule has 0 radical (unpaired) electrons. The maximum Gasteiger partial charge on any atom is 0.241 e. The summed E-state index contributed by atoms with van der Waals surface area (Å²) in [5.41, 5.74) is 2.68. The lowest BCUT2D eigenvalue weighted by atomic mass is 9.88. The number of fused-ring (bicyclic) bond motifs is 1. The molecule has 0 saturated carbocycles. The Balaban J connectivity index is 1.34. The molecule has 0 unspecified atom stereocenters.